The lowest BCUT2D eigenvalue weighted by Crippen LogP contribution is -2.17. The van der Waals surface area contributed by atoms with Gasteiger partial charge < -0.3 is 14.6 Å². The number of hydrogen-bond donors (Lipinski definition) is 1. The molecule has 5 heteroatoms. The Bertz CT molecular complexity index is 3060. The summed E-state index contributed by atoms with van der Waals surface area (Å²) in [6.07, 6.45) is 0. The zero-order valence-corrected chi connectivity index (χ0v) is 28.1. The summed E-state index contributed by atoms with van der Waals surface area (Å²) in [5.41, 5.74) is 15.3. The van der Waals surface area contributed by atoms with Crippen molar-refractivity contribution in [3.8, 4) is 11.1 Å². The highest BCUT2D eigenvalue weighted by Crippen LogP contribution is 2.40. The van der Waals surface area contributed by atoms with Gasteiger partial charge in [0.1, 0.15) is 28.2 Å². The Morgan fingerprint density at radius 2 is 1.13 bits per heavy atom. The van der Waals surface area contributed by atoms with Crippen molar-refractivity contribution in [2.45, 2.75) is 6.54 Å². The van der Waals surface area contributed by atoms with Crippen molar-refractivity contribution in [2.75, 3.05) is 0 Å². The minimum absolute atomic E-state index is 0.366. The van der Waals surface area contributed by atoms with E-state index in [0.29, 0.717) is 18.2 Å². The Kier molecular flexibility index (Phi) is 6.96. The zero-order chi connectivity index (χ0) is 34.6. The van der Waals surface area contributed by atoms with Gasteiger partial charge in [-0.2, -0.15) is 0 Å². The predicted molar refractivity (Wildman–Crippen MR) is 215 cm³/mol. The summed E-state index contributed by atoms with van der Waals surface area (Å²) < 4.78 is 12.6. The van der Waals surface area contributed by atoms with Gasteiger partial charge >= 0.3 is 0 Å². The molecule has 0 aliphatic carbocycles. The number of nitrogens with two attached hydrogens (primary N) is 1. The molecule has 8 aromatic carbocycles. The molecule has 0 atom stereocenters. The number of rotatable bonds is 5. The van der Waals surface area contributed by atoms with Crippen LogP contribution >= 0.6 is 0 Å². The Morgan fingerprint density at radius 3 is 1.98 bits per heavy atom. The molecule has 2 aromatic heterocycles. The van der Waals surface area contributed by atoms with Crippen LogP contribution in [0.2, 0.25) is 0 Å². The molecule has 52 heavy (non-hydrogen) atoms. The van der Waals surface area contributed by atoms with Crippen LogP contribution in [0.1, 0.15) is 16.7 Å². The summed E-state index contributed by atoms with van der Waals surface area (Å²) in [5.74, 6) is 0.943. The Morgan fingerprint density at radius 1 is 0.481 bits per heavy atom. The average molecular weight is 670 g/mol. The SMILES string of the molecule is N/C(=N\C(=N/Cc1ccccc1)c1cc2ccccc2c2ccccc12)c1cccc2oc3ccc(-c4cccc5oc6ccccc6c45)cc3c12. The van der Waals surface area contributed by atoms with Crippen molar-refractivity contribution in [3.05, 3.63) is 180 Å². The Labute approximate surface area is 299 Å². The van der Waals surface area contributed by atoms with E-state index in [2.05, 4.69) is 91.0 Å². The second kappa shape index (κ2) is 12.1. The molecule has 10 aromatic rings. The molecule has 2 N–H and O–H groups in total. The quantitative estimate of drug-likeness (QED) is 0.113. The second-order valence-electron chi connectivity index (χ2n) is 13.1. The monoisotopic (exact) mass is 669 g/mol. The molecule has 5 nitrogen and oxygen atoms in total. The fraction of sp³-hybridized carbons (Fsp3) is 0.0213. The second-order valence-corrected chi connectivity index (χ2v) is 13.1. The van der Waals surface area contributed by atoms with Gasteiger partial charge in [0.05, 0.1) is 6.54 Å². The fourth-order valence-corrected chi connectivity index (χ4v) is 7.57. The Balaban J connectivity index is 1.17. The molecule has 0 aliphatic rings. The molecule has 0 saturated heterocycles. The summed E-state index contributed by atoms with van der Waals surface area (Å²) >= 11 is 0. The van der Waals surface area contributed by atoms with Gasteiger partial charge in [-0.15, -0.1) is 0 Å². The van der Waals surface area contributed by atoms with Crippen molar-refractivity contribution < 1.29 is 8.83 Å². The highest BCUT2D eigenvalue weighted by molar-refractivity contribution is 6.24. The molecule has 10 rings (SSSR count). The van der Waals surface area contributed by atoms with Crippen molar-refractivity contribution in [1.82, 2.24) is 0 Å². The number of aliphatic imine (C=N–C) groups is 2. The van der Waals surface area contributed by atoms with E-state index in [0.717, 1.165) is 87.9 Å². The molecule has 0 spiro atoms. The molecule has 0 aliphatic heterocycles. The molecule has 0 bridgehead atoms. The topological polar surface area (TPSA) is 77.0 Å². The first-order valence-corrected chi connectivity index (χ1v) is 17.4. The Hall–Kier alpha value is -6.98. The number of furan rings is 2. The summed E-state index contributed by atoms with van der Waals surface area (Å²) in [4.78, 5) is 10.3. The first-order chi connectivity index (χ1) is 25.7. The summed E-state index contributed by atoms with van der Waals surface area (Å²) in [5, 5.41) is 8.58. The lowest BCUT2D eigenvalue weighted by atomic mass is 9.96. The van der Waals surface area contributed by atoms with Crippen molar-refractivity contribution in [2.24, 2.45) is 15.7 Å². The van der Waals surface area contributed by atoms with Gasteiger partial charge in [0, 0.05) is 32.7 Å². The minimum Gasteiger partial charge on any atom is -0.456 e. The van der Waals surface area contributed by atoms with Crippen LogP contribution in [0.5, 0.6) is 0 Å². The molecule has 2 heterocycles. The molecule has 0 fully saturated rings. The predicted octanol–water partition coefficient (Wildman–Crippen LogP) is 11.8. The number of nitrogens with zero attached hydrogens (tertiary/aromatic N) is 2. The molecule has 0 amide bonds. The minimum atomic E-state index is 0.366. The van der Waals surface area contributed by atoms with Gasteiger partial charge in [-0.25, -0.2) is 4.99 Å². The number of benzene rings is 8. The van der Waals surface area contributed by atoms with E-state index in [1.54, 1.807) is 0 Å². The van der Waals surface area contributed by atoms with Gasteiger partial charge in [-0.1, -0.05) is 127 Å². The fourth-order valence-electron chi connectivity index (χ4n) is 7.57. The summed E-state index contributed by atoms with van der Waals surface area (Å²) in [6.45, 7) is 0.463. The van der Waals surface area contributed by atoms with Crippen LogP contribution in [0.4, 0.5) is 0 Å². The van der Waals surface area contributed by atoms with Gasteiger partial charge in [-0.3, -0.25) is 4.99 Å². The standard InChI is InChI=1S/C47H31N3O2/c48-46(50-47(49-28-29-12-2-1-3-13-29)38-26-30-14-4-5-15-32(30)34-16-6-7-17-35(34)38)37-20-11-23-43-45(37)39-27-31(24-25-41(39)52-43)33-19-10-22-42-44(33)36-18-8-9-21-40(36)51-42/h1-27H,28H2,(H2,48,49,50). The van der Waals surface area contributed by atoms with Crippen molar-refractivity contribution in [3.63, 3.8) is 0 Å². The number of fused-ring (bicyclic) bond motifs is 9. The van der Waals surface area contributed by atoms with Crippen LogP contribution < -0.4 is 5.73 Å². The molecule has 0 radical (unpaired) electrons. The van der Waals surface area contributed by atoms with Crippen LogP contribution in [0.15, 0.2) is 183 Å². The van der Waals surface area contributed by atoms with Crippen LogP contribution in [-0.2, 0) is 6.54 Å². The van der Waals surface area contributed by atoms with E-state index in [1.165, 1.54) is 5.39 Å². The van der Waals surface area contributed by atoms with Gasteiger partial charge in [-0.05, 0) is 74.6 Å². The number of para-hydroxylation sites is 1. The number of amidine groups is 2. The summed E-state index contributed by atoms with van der Waals surface area (Å²) in [7, 11) is 0. The van der Waals surface area contributed by atoms with Crippen molar-refractivity contribution in [1.29, 1.82) is 0 Å². The van der Waals surface area contributed by atoms with Crippen molar-refractivity contribution >= 4 is 77.1 Å². The van der Waals surface area contributed by atoms with E-state index < -0.39 is 0 Å². The highest BCUT2D eigenvalue weighted by Gasteiger charge is 2.18. The molecule has 0 unspecified atom stereocenters. The third-order valence-corrected chi connectivity index (χ3v) is 9.97. The largest absolute Gasteiger partial charge is 0.456 e. The number of hydrogen-bond acceptors (Lipinski definition) is 3. The maximum atomic E-state index is 7.06. The third kappa shape index (κ3) is 4.94. The van der Waals surface area contributed by atoms with Crippen LogP contribution in [0.25, 0.3) is 76.5 Å². The van der Waals surface area contributed by atoms with Crippen LogP contribution in [0, 0.1) is 0 Å². The normalized spacial score (nSPS) is 12.6. The van der Waals surface area contributed by atoms with E-state index in [9.17, 15) is 0 Å². The first kappa shape index (κ1) is 29.9. The third-order valence-electron chi connectivity index (χ3n) is 9.97. The lowest BCUT2D eigenvalue weighted by Gasteiger charge is -2.12. The van der Waals surface area contributed by atoms with Crippen LogP contribution in [0.3, 0.4) is 0 Å². The first-order valence-electron chi connectivity index (χ1n) is 17.4. The maximum absolute atomic E-state index is 7.06. The molecule has 0 saturated carbocycles. The smallest absolute Gasteiger partial charge is 0.157 e. The lowest BCUT2D eigenvalue weighted by molar-refractivity contribution is 0.669. The molecule has 246 valence electrons. The summed E-state index contributed by atoms with van der Waals surface area (Å²) in [6, 6.07) is 56.0. The van der Waals surface area contributed by atoms with Gasteiger partial charge in [0.15, 0.2) is 5.84 Å². The van der Waals surface area contributed by atoms with E-state index in [-0.39, 0.29) is 0 Å². The van der Waals surface area contributed by atoms with E-state index in [1.807, 2.05) is 72.8 Å². The maximum Gasteiger partial charge on any atom is 0.157 e. The zero-order valence-electron chi connectivity index (χ0n) is 28.1. The average Bonchev–Trinajstić information content (AvgIpc) is 3.78. The highest BCUT2D eigenvalue weighted by atomic mass is 16.3. The van der Waals surface area contributed by atoms with Gasteiger partial charge in [0.2, 0.25) is 0 Å². The molecular formula is C47H31N3O2. The van der Waals surface area contributed by atoms with E-state index >= 15 is 0 Å². The van der Waals surface area contributed by atoms with E-state index in [4.69, 9.17) is 24.6 Å². The van der Waals surface area contributed by atoms with Crippen LogP contribution in [-0.4, -0.2) is 11.7 Å². The van der Waals surface area contributed by atoms with Gasteiger partial charge in [0.25, 0.3) is 0 Å². The molecular weight excluding hydrogens is 639 g/mol.